The molecule has 0 spiro atoms. The molecule has 0 bridgehead atoms. The van der Waals surface area contributed by atoms with Crippen molar-refractivity contribution in [3.8, 4) is 5.69 Å². The van der Waals surface area contributed by atoms with Crippen molar-refractivity contribution in [1.29, 1.82) is 0 Å². The van der Waals surface area contributed by atoms with Crippen LogP contribution in [0.1, 0.15) is 24.7 Å². The predicted molar refractivity (Wildman–Crippen MR) is 70.1 cm³/mol. The Bertz CT molecular complexity index is 508. The molecule has 0 atom stereocenters. The molecule has 0 fully saturated rings. The van der Waals surface area contributed by atoms with Crippen molar-refractivity contribution in [3.63, 3.8) is 0 Å². The Hall–Kier alpha value is -1.16. The van der Waals surface area contributed by atoms with Crippen molar-refractivity contribution in [2.45, 2.75) is 25.1 Å². The van der Waals surface area contributed by atoms with Crippen LogP contribution in [-0.2, 0) is 11.8 Å². The number of aromatic nitrogens is 2. The third kappa shape index (κ3) is 2.57. The molecule has 17 heavy (non-hydrogen) atoms. The normalized spacial score (nSPS) is 10.8. The molecule has 2 nitrogen and oxygen atoms in total. The molecule has 1 aromatic heterocycles. The highest BCUT2D eigenvalue weighted by molar-refractivity contribution is 9.08. The zero-order valence-electron chi connectivity index (χ0n) is 9.66. The molecule has 2 rings (SSSR count). The maximum atomic E-state index is 13.2. The molecule has 0 saturated carbocycles. The minimum absolute atomic E-state index is 0.208. The SMILES string of the molecule is CCCc1nccn1-c1ccc(F)cc1CBr. The molecule has 0 aliphatic heterocycles. The van der Waals surface area contributed by atoms with Crippen LogP contribution in [-0.4, -0.2) is 9.55 Å². The molecule has 1 aromatic carbocycles. The summed E-state index contributed by atoms with van der Waals surface area (Å²) in [5, 5.41) is 0.629. The van der Waals surface area contributed by atoms with Gasteiger partial charge in [0.25, 0.3) is 0 Å². The first-order chi connectivity index (χ1) is 8.26. The molecule has 1 heterocycles. The van der Waals surface area contributed by atoms with Gasteiger partial charge in [0.15, 0.2) is 0 Å². The number of hydrogen-bond acceptors (Lipinski definition) is 1. The Balaban J connectivity index is 2.48. The second-order valence-corrected chi connectivity index (χ2v) is 4.43. The highest BCUT2D eigenvalue weighted by Crippen LogP contribution is 2.20. The van der Waals surface area contributed by atoms with Gasteiger partial charge < -0.3 is 4.57 Å². The highest BCUT2D eigenvalue weighted by Gasteiger charge is 2.09. The Labute approximate surface area is 109 Å². The number of rotatable bonds is 4. The molecule has 0 amide bonds. The number of hydrogen-bond donors (Lipinski definition) is 0. The summed E-state index contributed by atoms with van der Waals surface area (Å²) in [4.78, 5) is 4.33. The van der Waals surface area contributed by atoms with Crippen molar-refractivity contribution in [2.75, 3.05) is 0 Å². The van der Waals surface area contributed by atoms with E-state index in [1.165, 1.54) is 6.07 Å². The average molecular weight is 297 g/mol. The van der Waals surface area contributed by atoms with Crippen LogP contribution in [0, 0.1) is 5.82 Å². The van der Waals surface area contributed by atoms with Gasteiger partial charge in [0, 0.05) is 24.1 Å². The number of halogens is 2. The molecular formula is C13H14BrFN2. The molecule has 0 aliphatic rings. The van der Waals surface area contributed by atoms with Gasteiger partial charge in [0.2, 0.25) is 0 Å². The number of alkyl halides is 1. The van der Waals surface area contributed by atoms with E-state index in [0.29, 0.717) is 5.33 Å². The first-order valence-electron chi connectivity index (χ1n) is 5.63. The van der Waals surface area contributed by atoms with Crippen LogP contribution in [0.2, 0.25) is 0 Å². The van der Waals surface area contributed by atoms with E-state index < -0.39 is 0 Å². The standard InChI is InChI=1S/C13H14BrFN2/c1-2-3-13-16-6-7-17(13)12-5-4-11(15)8-10(12)9-14/h4-8H,2-3,9H2,1H3. The molecule has 90 valence electrons. The summed E-state index contributed by atoms with van der Waals surface area (Å²) in [5.74, 6) is 0.807. The topological polar surface area (TPSA) is 17.8 Å². The Morgan fingerprint density at radius 2 is 2.24 bits per heavy atom. The molecule has 0 saturated heterocycles. The zero-order valence-corrected chi connectivity index (χ0v) is 11.2. The first kappa shape index (κ1) is 12.3. The van der Waals surface area contributed by atoms with Gasteiger partial charge in [-0.2, -0.15) is 0 Å². The van der Waals surface area contributed by atoms with Gasteiger partial charge in [0.05, 0.1) is 5.69 Å². The van der Waals surface area contributed by atoms with Crippen LogP contribution in [0.5, 0.6) is 0 Å². The summed E-state index contributed by atoms with van der Waals surface area (Å²) in [6.45, 7) is 2.12. The van der Waals surface area contributed by atoms with Gasteiger partial charge in [-0.05, 0) is 30.2 Å². The monoisotopic (exact) mass is 296 g/mol. The molecular weight excluding hydrogens is 283 g/mol. The lowest BCUT2D eigenvalue weighted by Crippen LogP contribution is -2.03. The lowest BCUT2D eigenvalue weighted by atomic mass is 10.2. The van der Waals surface area contributed by atoms with E-state index in [2.05, 4.69) is 27.8 Å². The number of aryl methyl sites for hydroxylation is 1. The van der Waals surface area contributed by atoms with E-state index in [-0.39, 0.29) is 5.82 Å². The van der Waals surface area contributed by atoms with Crippen LogP contribution >= 0.6 is 15.9 Å². The second-order valence-electron chi connectivity index (χ2n) is 3.87. The lowest BCUT2D eigenvalue weighted by molar-refractivity contribution is 0.625. The van der Waals surface area contributed by atoms with E-state index in [0.717, 1.165) is 29.9 Å². The third-order valence-electron chi connectivity index (χ3n) is 2.64. The van der Waals surface area contributed by atoms with Crippen LogP contribution in [0.3, 0.4) is 0 Å². The van der Waals surface area contributed by atoms with Gasteiger partial charge in [-0.3, -0.25) is 0 Å². The van der Waals surface area contributed by atoms with Crippen molar-refractivity contribution in [1.82, 2.24) is 9.55 Å². The van der Waals surface area contributed by atoms with Crippen LogP contribution in [0.15, 0.2) is 30.6 Å². The van der Waals surface area contributed by atoms with Crippen LogP contribution in [0.4, 0.5) is 4.39 Å². The number of nitrogens with zero attached hydrogens (tertiary/aromatic N) is 2. The van der Waals surface area contributed by atoms with E-state index in [9.17, 15) is 4.39 Å². The molecule has 0 unspecified atom stereocenters. The van der Waals surface area contributed by atoms with Crippen molar-refractivity contribution in [2.24, 2.45) is 0 Å². The summed E-state index contributed by atoms with van der Waals surface area (Å²) >= 11 is 3.39. The largest absolute Gasteiger partial charge is 0.303 e. The fraction of sp³-hybridized carbons (Fsp3) is 0.308. The molecule has 0 radical (unpaired) electrons. The lowest BCUT2D eigenvalue weighted by Gasteiger charge is -2.11. The molecule has 2 aromatic rings. The maximum Gasteiger partial charge on any atom is 0.123 e. The number of benzene rings is 1. The highest BCUT2D eigenvalue weighted by atomic mass is 79.9. The zero-order chi connectivity index (χ0) is 12.3. The molecule has 0 N–H and O–H groups in total. The van der Waals surface area contributed by atoms with Gasteiger partial charge in [0.1, 0.15) is 11.6 Å². The average Bonchev–Trinajstić information content (AvgIpc) is 2.77. The smallest absolute Gasteiger partial charge is 0.123 e. The first-order valence-corrected chi connectivity index (χ1v) is 6.75. The van der Waals surface area contributed by atoms with Crippen molar-refractivity contribution < 1.29 is 4.39 Å². The second kappa shape index (κ2) is 5.45. The minimum Gasteiger partial charge on any atom is -0.303 e. The van der Waals surface area contributed by atoms with Crippen LogP contribution in [0.25, 0.3) is 5.69 Å². The van der Waals surface area contributed by atoms with Gasteiger partial charge in [-0.15, -0.1) is 0 Å². The Kier molecular flexibility index (Phi) is 3.94. The predicted octanol–water partition coefficient (Wildman–Crippen LogP) is 3.86. The summed E-state index contributed by atoms with van der Waals surface area (Å²) in [7, 11) is 0. The van der Waals surface area contributed by atoms with E-state index >= 15 is 0 Å². The summed E-state index contributed by atoms with van der Waals surface area (Å²) in [6.07, 6.45) is 5.67. The third-order valence-corrected chi connectivity index (χ3v) is 3.24. The maximum absolute atomic E-state index is 13.2. The fourth-order valence-corrected chi connectivity index (χ4v) is 2.31. The fourth-order valence-electron chi connectivity index (χ4n) is 1.86. The molecule has 0 aliphatic carbocycles. The van der Waals surface area contributed by atoms with E-state index in [1.54, 1.807) is 18.3 Å². The minimum atomic E-state index is -0.208. The van der Waals surface area contributed by atoms with Gasteiger partial charge >= 0.3 is 0 Å². The van der Waals surface area contributed by atoms with Gasteiger partial charge in [-0.1, -0.05) is 22.9 Å². The Morgan fingerprint density at radius 3 is 2.94 bits per heavy atom. The van der Waals surface area contributed by atoms with E-state index in [1.807, 2.05) is 10.8 Å². The van der Waals surface area contributed by atoms with Crippen molar-refractivity contribution >= 4 is 15.9 Å². The summed E-state index contributed by atoms with van der Waals surface area (Å²) in [6, 6.07) is 4.84. The Morgan fingerprint density at radius 1 is 1.41 bits per heavy atom. The van der Waals surface area contributed by atoms with Crippen LogP contribution < -0.4 is 0 Å². The number of imidazole rings is 1. The van der Waals surface area contributed by atoms with E-state index in [4.69, 9.17) is 0 Å². The molecule has 4 heteroatoms. The summed E-state index contributed by atoms with van der Waals surface area (Å²) < 4.78 is 15.2. The van der Waals surface area contributed by atoms with Gasteiger partial charge in [-0.25, -0.2) is 9.37 Å². The van der Waals surface area contributed by atoms with Crippen molar-refractivity contribution in [3.05, 3.63) is 47.8 Å². The quantitative estimate of drug-likeness (QED) is 0.784. The summed E-state index contributed by atoms with van der Waals surface area (Å²) in [5.41, 5.74) is 1.92.